The zero-order valence-electron chi connectivity index (χ0n) is 19.1. The van der Waals surface area contributed by atoms with Crippen LogP contribution < -0.4 is 0 Å². The minimum absolute atomic E-state index is 0.208. The smallest absolute Gasteiger partial charge is 0.417 e. The average molecular weight is 466 g/mol. The van der Waals surface area contributed by atoms with Crippen LogP contribution in [0.3, 0.4) is 0 Å². The predicted octanol–water partition coefficient (Wildman–Crippen LogP) is 5.11. The van der Waals surface area contributed by atoms with E-state index in [-0.39, 0.29) is 18.6 Å². The Kier molecular flexibility index (Phi) is 10.4. The molecule has 1 saturated heterocycles. The summed E-state index contributed by atoms with van der Waals surface area (Å²) in [4.78, 5) is 27.4. The molecule has 0 N–H and O–H groups in total. The van der Waals surface area contributed by atoms with Crippen molar-refractivity contribution < 1.29 is 23.3 Å². The molecule has 6 nitrogen and oxygen atoms in total. The van der Waals surface area contributed by atoms with Crippen LogP contribution >= 0.6 is 9.47 Å². The monoisotopic (exact) mass is 465 g/mol. The molecular formula is C23H36NO5PSi. The standard InChI is InChI=1S/C23H36NO5PSi/c1-5-31(6-2,7-3)29-21(14-13-18(4)16-28-30)22(25)24-20(17-27-23(24)26)15-19-11-9-8-10-12-19/h8-13,20-21H,5-7,14-17,30H2,1-4H3/b18-13-/t20-,21-/m0/s1. The largest absolute Gasteiger partial charge is 0.447 e. The van der Waals surface area contributed by atoms with Gasteiger partial charge in [-0.15, -0.1) is 0 Å². The van der Waals surface area contributed by atoms with E-state index in [2.05, 4.69) is 30.2 Å². The van der Waals surface area contributed by atoms with Crippen LogP contribution in [0.15, 0.2) is 42.0 Å². The highest BCUT2D eigenvalue weighted by Gasteiger charge is 2.43. The van der Waals surface area contributed by atoms with Crippen molar-refractivity contribution in [3.63, 3.8) is 0 Å². The summed E-state index contributed by atoms with van der Waals surface area (Å²) in [6, 6.07) is 12.3. The maximum atomic E-state index is 13.6. The fourth-order valence-corrected chi connectivity index (χ4v) is 6.99. The van der Waals surface area contributed by atoms with Gasteiger partial charge in [0.2, 0.25) is 0 Å². The van der Waals surface area contributed by atoms with Crippen molar-refractivity contribution in [2.75, 3.05) is 13.2 Å². The number of nitrogens with zero attached hydrogens (tertiary/aromatic N) is 1. The predicted molar refractivity (Wildman–Crippen MR) is 128 cm³/mol. The lowest BCUT2D eigenvalue weighted by atomic mass is 10.0. The zero-order valence-corrected chi connectivity index (χ0v) is 21.3. The first kappa shape index (κ1) is 25.7. The van der Waals surface area contributed by atoms with Crippen molar-refractivity contribution in [2.24, 2.45) is 0 Å². The van der Waals surface area contributed by atoms with Gasteiger partial charge >= 0.3 is 6.09 Å². The van der Waals surface area contributed by atoms with Crippen LogP contribution in [0.25, 0.3) is 0 Å². The maximum Gasteiger partial charge on any atom is 0.417 e. The molecule has 1 aromatic carbocycles. The van der Waals surface area contributed by atoms with Crippen molar-refractivity contribution in [1.82, 2.24) is 4.90 Å². The number of hydrogen-bond acceptors (Lipinski definition) is 5. The van der Waals surface area contributed by atoms with Crippen LogP contribution in [-0.2, 0) is 24.9 Å². The lowest BCUT2D eigenvalue weighted by Crippen LogP contribution is -2.50. The second-order valence-electron chi connectivity index (χ2n) is 8.08. The van der Waals surface area contributed by atoms with Crippen LogP contribution in [0.4, 0.5) is 4.79 Å². The third-order valence-corrected chi connectivity index (χ3v) is 10.9. The summed E-state index contributed by atoms with van der Waals surface area (Å²) in [5.74, 6) is -0.300. The van der Waals surface area contributed by atoms with E-state index in [1.165, 1.54) is 4.90 Å². The fraction of sp³-hybridized carbons (Fsp3) is 0.565. The Hall–Kier alpha value is -1.53. The maximum absolute atomic E-state index is 13.6. The van der Waals surface area contributed by atoms with Gasteiger partial charge in [-0.3, -0.25) is 4.79 Å². The van der Waals surface area contributed by atoms with E-state index < -0.39 is 20.5 Å². The van der Waals surface area contributed by atoms with Gasteiger partial charge in [-0.25, -0.2) is 9.69 Å². The molecule has 1 aromatic rings. The molecule has 1 heterocycles. The van der Waals surface area contributed by atoms with E-state index >= 15 is 0 Å². The Morgan fingerprint density at radius 1 is 1.26 bits per heavy atom. The molecule has 31 heavy (non-hydrogen) atoms. The molecule has 1 fully saturated rings. The molecule has 3 atom stereocenters. The van der Waals surface area contributed by atoms with Crippen LogP contribution in [0.5, 0.6) is 0 Å². The van der Waals surface area contributed by atoms with Crippen LogP contribution in [0, 0.1) is 0 Å². The second-order valence-corrected chi connectivity index (χ2v) is 13.1. The van der Waals surface area contributed by atoms with Gasteiger partial charge in [0.25, 0.3) is 5.91 Å². The molecule has 0 bridgehead atoms. The van der Waals surface area contributed by atoms with Gasteiger partial charge in [0, 0.05) is 9.47 Å². The Labute approximate surface area is 189 Å². The molecule has 2 rings (SSSR count). The van der Waals surface area contributed by atoms with E-state index in [0.717, 1.165) is 29.3 Å². The summed E-state index contributed by atoms with van der Waals surface area (Å²) >= 11 is 0. The molecule has 1 aliphatic rings. The Morgan fingerprint density at radius 2 is 1.90 bits per heavy atom. The third kappa shape index (κ3) is 6.98. The van der Waals surface area contributed by atoms with Gasteiger partial charge in [0.15, 0.2) is 8.32 Å². The SMILES string of the molecule is CC[Si](CC)(CC)O[C@@H](C/C=C(/C)COP)C(=O)N1C(=O)OC[C@@H]1Cc1ccccc1. The fourth-order valence-electron chi connectivity index (χ4n) is 3.92. The molecule has 0 aromatic heterocycles. The summed E-state index contributed by atoms with van der Waals surface area (Å²) < 4.78 is 17.0. The van der Waals surface area contributed by atoms with Gasteiger partial charge in [0.05, 0.1) is 12.6 Å². The first-order valence-corrected chi connectivity index (χ1v) is 14.1. The molecule has 0 radical (unpaired) electrons. The van der Waals surface area contributed by atoms with Gasteiger partial charge in [-0.05, 0) is 43.5 Å². The van der Waals surface area contributed by atoms with Crippen LogP contribution in [0.1, 0.15) is 39.7 Å². The highest BCUT2D eigenvalue weighted by Crippen LogP contribution is 2.27. The molecule has 0 aliphatic carbocycles. The molecule has 172 valence electrons. The number of amides is 2. The minimum Gasteiger partial charge on any atom is -0.447 e. The Balaban J connectivity index is 2.27. The van der Waals surface area contributed by atoms with Gasteiger partial charge in [0.1, 0.15) is 12.7 Å². The number of carbonyl (C=O) groups is 2. The number of hydrogen-bond donors (Lipinski definition) is 0. The van der Waals surface area contributed by atoms with E-state index in [9.17, 15) is 9.59 Å². The van der Waals surface area contributed by atoms with Crippen molar-refractivity contribution >= 4 is 29.8 Å². The highest BCUT2D eigenvalue weighted by atomic mass is 31.0. The summed E-state index contributed by atoms with van der Waals surface area (Å²) in [5, 5.41) is 0. The molecule has 0 saturated carbocycles. The first-order valence-electron chi connectivity index (χ1n) is 11.1. The Morgan fingerprint density at radius 3 is 2.48 bits per heavy atom. The lowest BCUT2D eigenvalue weighted by Gasteiger charge is -2.34. The van der Waals surface area contributed by atoms with Crippen molar-refractivity contribution in [3.8, 4) is 0 Å². The second kappa shape index (κ2) is 12.5. The molecule has 2 amide bonds. The van der Waals surface area contributed by atoms with Crippen molar-refractivity contribution in [3.05, 3.63) is 47.5 Å². The average Bonchev–Trinajstić information content (AvgIpc) is 3.14. The minimum atomic E-state index is -2.07. The van der Waals surface area contributed by atoms with E-state index in [1.807, 2.05) is 43.3 Å². The number of cyclic esters (lactones) is 1. The van der Waals surface area contributed by atoms with Gasteiger partial charge in [-0.2, -0.15) is 0 Å². The molecule has 0 spiro atoms. The third-order valence-electron chi connectivity index (χ3n) is 6.10. The molecule has 1 unspecified atom stereocenters. The summed E-state index contributed by atoms with van der Waals surface area (Å²) in [6.45, 7) is 9.02. The van der Waals surface area contributed by atoms with E-state index in [0.29, 0.717) is 19.4 Å². The lowest BCUT2D eigenvalue weighted by molar-refractivity contribution is -0.137. The quantitative estimate of drug-likeness (QED) is 0.244. The highest BCUT2D eigenvalue weighted by molar-refractivity contribution is 7.09. The normalized spacial score (nSPS) is 18.2. The van der Waals surface area contributed by atoms with Crippen molar-refractivity contribution in [1.29, 1.82) is 0 Å². The molecule has 1 aliphatic heterocycles. The molecular weight excluding hydrogens is 429 g/mol. The van der Waals surface area contributed by atoms with Crippen molar-refractivity contribution in [2.45, 2.75) is 70.8 Å². The number of ether oxygens (including phenoxy) is 1. The topological polar surface area (TPSA) is 65.1 Å². The zero-order chi connectivity index (χ0) is 22.9. The summed E-state index contributed by atoms with van der Waals surface area (Å²) in [6.07, 6.45) is 1.68. The Bertz CT molecular complexity index is 745. The first-order chi connectivity index (χ1) is 14.9. The summed E-state index contributed by atoms with van der Waals surface area (Å²) in [7, 11) is 0.167. The number of rotatable bonds is 12. The van der Waals surface area contributed by atoms with Crippen LogP contribution in [0.2, 0.25) is 18.1 Å². The number of benzene rings is 1. The van der Waals surface area contributed by atoms with Crippen LogP contribution in [-0.4, -0.2) is 50.6 Å². The van der Waals surface area contributed by atoms with Gasteiger partial charge < -0.3 is 13.7 Å². The van der Waals surface area contributed by atoms with E-state index in [4.69, 9.17) is 13.7 Å². The molecule has 8 heteroatoms. The van der Waals surface area contributed by atoms with Gasteiger partial charge in [-0.1, -0.05) is 62.8 Å². The number of imide groups is 1. The number of carbonyl (C=O) groups excluding carboxylic acids is 2. The van der Waals surface area contributed by atoms with E-state index in [1.54, 1.807) is 0 Å². The summed E-state index contributed by atoms with van der Waals surface area (Å²) in [5.41, 5.74) is 2.08.